The highest BCUT2D eigenvalue weighted by atomic mass is 16.6. The summed E-state index contributed by atoms with van der Waals surface area (Å²) in [7, 11) is 1.71. The van der Waals surface area contributed by atoms with Gasteiger partial charge in [0.2, 0.25) is 6.10 Å². The first-order valence-electron chi connectivity index (χ1n) is 8.53. The van der Waals surface area contributed by atoms with Gasteiger partial charge in [0.05, 0.1) is 6.61 Å². The Morgan fingerprint density at radius 1 is 1.29 bits per heavy atom. The fourth-order valence-corrected chi connectivity index (χ4v) is 3.42. The van der Waals surface area contributed by atoms with Gasteiger partial charge >= 0.3 is 0 Å². The predicted octanol–water partition coefficient (Wildman–Crippen LogP) is 1.35. The molecule has 0 spiro atoms. The molecule has 1 aromatic carbocycles. The second kappa shape index (κ2) is 7.40. The summed E-state index contributed by atoms with van der Waals surface area (Å²) in [6.45, 7) is 5.00. The van der Waals surface area contributed by atoms with E-state index in [0.29, 0.717) is 24.7 Å². The van der Waals surface area contributed by atoms with E-state index < -0.39 is 6.10 Å². The summed E-state index contributed by atoms with van der Waals surface area (Å²) in [5, 5.41) is 6.41. The van der Waals surface area contributed by atoms with Gasteiger partial charge in [0.25, 0.3) is 5.91 Å². The average molecular weight is 334 g/mol. The van der Waals surface area contributed by atoms with Crippen LogP contribution in [0.25, 0.3) is 0 Å². The van der Waals surface area contributed by atoms with Crippen molar-refractivity contribution >= 4 is 5.91 Å². The van der Waals surface area contributed by atoms with Gasteiger partial charge in [-0.25, -0.2) is 0 Å². The number of nitrogens with one attached hydrogen (secondary N) is 2. The fourth-order valence-electron chi connectivity index (χ4n) is 3.42. The summed E-state index contributed by atoms with van der Waals surface area (Å²) < 4.78 is 17.1. The van der Waals surface area contributed by atoms with Crippen LogP contribution in [0, 0.1) is 5.41 Å². The quantitative estimate of drug-likeness (QED) is 0.851. The molecule has 132 valence electrons. The van der Waals surface area contributed by atoms with E-state index in [1.165, 1.54) is 0 Å². The largest absolute Gasteiger partial charge is 0.482 e. The van der Waals surface area contributed by atoms with E-state index in [0.717, 1.165) is 25.9 Å². The molecule has 2 N–H and O–H groups in total. The van der Waals surface area contributed by atoms with Crippen LogP contribution in [0.4, 0.5) is 0 Å². The molecule has 0 bridgehead atoms. The standard InChI is InChI=1S/C18H26N2O4/c1-13-16(24-15-6-4-3-5-14(15)23-13)17(21)20-11-18(12-22-2)7-9-19-10-8-18/h3-6,13,16,19H,7-12H2,1-2H3,(H,20,21). The number of rotatable bonds is 5. The van der Waals surface area contributed by atoms with Crippen LogP contribution in [0.2, 0.25) is 0 Å². The van der Waals surface area contributed by atoms with Crippen molar-refractivity contribution in [2.24, 2.45) is 5.41 Å². The highest BCUT2D eigenvalue weighted by molar-refractivity contribution is 5.82. The lowest BCUT2D eigenvalue weighted by Crippen LogP contribution is -2.53. The predicted molar refractivity (Wildman–Crippen MR) is 90.4 cm³/mol. The molecule has 0 aliphatic carbocycles. The van der Waals surface area contributed by atoms with Crippen LogP contribution in [0.3, 0.4) is 0 Å². The summed E-state index contributed by atoms with van der Waals surface area (Å²) in [6, 6.07) is 7.43. The smallest absolute Gasteiger partial charge is 0.265 e. The molecule has 1 amide bonds. The van der Waals surface area contributed by atoms with Gasteiger partial charge < -0.3 is 24.8 Å². The highest BCUT2D eigenvalue weighted by Gasteiger charge is 2.37. The lowest BCUT2D eigenvalue weighted by molar-refractivity contribution is -0.134. The minimum atomic E-state index is -0.638. The van der Waals surface area contributed by atoms with E-state index in [4.69, 9.17) is 14.2 Å². The number of hydrogen-bond acceptors (Lipinski definition) is 5. The van der Waals surface area contributed by atoms with Gasteiger partial charge in [-0.15, -0.1) is 0 Å². The van der Waals surface area contributed by atoms with Gasteiger partial charge in [-0.2, -0.15) is 0 Å². The Morgan fingerprint density at radius 3 is 2.62 bits per heavy atom. The van der Waals surface area contributed by atoms with Crippen molar-refractivity contribution < 1.29 is 19.0 Å². The Labute approximate surface area is 142 Å². The Morgan fingerprint density at radius 2 is 1.96 bits per heavy atom. The zero-order valence-electron chi connectivity index (χ0n) is 14.3. The van der Waals surface area contributed by atoms with Crippen LogP contribution < -0.4 is 20.1 Å². The Hall–Kier alpha value is -1.79. The minimum Gasteiger partial charge on any atom is -0.482 e. The molecule has 1 saturated heterocycles. The fraction of sp³-hybridized carbons (Fsp3) is 0.611. The Balaban J connectivity index is 1.62. The number of hydrogen-bond donors (Lipinski definition) is 2. The van der Waals surface area contributed by atoms with Crippen molar-refractivity contribution in [3.8, 4) is 11.5 Å². The molecule has 6 nitrogen and oxygen atoms in total. The number of carbonyl (C=O) groups is 1. The molecule has 1 aromatic rings. The lowest BCUT2D eigenvalue weighted by atomic mass is 9.79. The maximum atomic E-state index is 12.6. The first kappa shape index (κ1) is 17.0. The van der Waals surface area contributed by atoms with Gasteiger partial charge in [0.1, 0.15) is 6.10 Å². The third kappa shape index (κ3) is 3.65. The molecule has 0 saturated carbocycles. The molecule has 2 atom stereocenters. The van der Waals surface area contributed by atoms with Crippen LogP contribution in [-0.2, 0) is 9.53 Å². The monoisotopic (exact) mass is 334 g/mol. The zero-order valence-corrected chi connectivity index (χ0v) is 14.3. The number of carbonyl (C=O) groups excluding carboxylic acids is 1. The van der Waals surface area contributed by atoms with Gasteiger partial charge in [-0.1, -0.05) is 12.1 Å². The molecule has 2 aliphatic rings. The molecule has 0 aromatic heterocycles. The van der Waals surface area contributed by atoms with Crippen LogP contribution in [-0.4, -0.2) is 51.5 Å². The minimum absolute atomic E-state index is 0.00761. The van der Waals surface area contributed by atoms with E-state index in [9.17, 15) is 4.79 Å². The van der Waals surface area contributed by atoms with Gasteiger partial charge in [0.15, 0.2) is 11.5 Å². The number of fused-ring (bicyclic) bond motifs is 1. The number of piperidine rings is 1. The first-order chi connectivity index (χ1) is 11.6. The average Bonchev–Trinajstić information content (AvgIpc) is 2.60. The zero-order chi connectivity index (χ0) is 17.0. The third-order valence-corrected chi connectivity index (χ3v) is 4.85. The van der Waals surface area contributed by atoms with E-state index >= 15 is 0 Å². The Bertz CT molecular complexity index is 566. The molecule has 6 heteroatoms. The van der Waals surface area contributed by atoms with Crippen molar-refractivity contribution in [2.45, 2.75) is 32.0 Å². The van der Waals surface area contributed by atoms with E-state index in [2.05, 4.69) is 10.6 Å². The maximum Gasteiger partial charge on any atom is 0.265 e. The van der Waals surface area contributed by atoms with Crippen LogP contribution >= 0.6 is 0 Å². The maximum absolute atomic E-state index is 12.6. The Kier molecular flexibility index (Phi) is 5.26. The number of methoxy groups -OCH3 is 1. The van der Waals surface area contributed by atoms with Crippen molar-refractivity contribution in [2.75, 3.05) is 33.4 Å². The number of benzene rings is 1. The molecule has 3 rings (SSSR count). The normalized spacial score (nSPS) is 25.1. The van der Waals surface area contributed by atoms with E-state index in [1.54, 1.807) is 7.11 Å². The van der Waals surface area contributed by atoms with Crippen LogP contribution in [0.5, 0.6) is 11.5 Å². The molecule has 2 unspecified atom stereocenters. The SMILES string of the molecule is COCC1(CNC(=O)C2Oc3ccccc3OC2C)CCNCC1. The molecule has 2 aliphatic heterocycles. The lowest BCUT2D eigenvalue weighted by Gasteiger charge is -2.38. The molecular weight excluding hydrogens is 308 g/mol. The summed E-state index contributed by atoms with van der Waals surface area (Å²) in [5.74, 6) is 1.17. The molecule has 2 heterocycles. The molecule has 0 radical (unpaired) electrons. The van der Waals surface area contributed by atoms with E-state index in [1.807, 2.05) is 31.2 Å². The third-order valence-electron chi connectivity index (χ3n) is 4.85. The van der Waals surface area contributed by atoms with Gasteiger partial charge in [-0.3, -0.25) is 4.79 Å². The second-order valence-electron chi connectivity index (χ2n) is 6.71. The number of ether oxygens (including phenoxy) is 3. The second-order valence-corrected chi connectivity index (χ2v) is 6.71. The number of para-hydroxylation sites is 2. The summed E-state index contributed by atoms with van der Waals surface area (Å²) in [4.78, 5) is 12.6. The summed E-state index contributed by atoms with van der Waals surface area (Å²) >= 11 is 0. The molecule has 24 heavy (non-hydrogen) atoms. The topological polar surface area (TPSA) is 68.8 Å². The van der Waals surface area contributed by atoms with Crippen LogP contribution in [0.15, 0.2) is 24.3 Å². The van der Waals surface area contributed by atoms with Crippen molar-refractivity contribution in [3.63, 3.8) is 0 Å². The van der Waals surface area contributed by atoms with Gasteiger partial charge in [-0.05, 0) is 45.0 Å². The highest BCUT2D eigenvalue weighted by Crippen LogP contribution is 2.34. The van der Waals surface area contributed by atoms with Gasteiger partial charge in [0, 0.05) is 19.1 Å². The van der Waals surface area contributed by atoms with E-state index in [-0.39, 0.29) is 17.4 Å². The van der Waals surface area contributed by atoms with Crippen LogP contribution in [0.1, 0.15) is 19.8 Å². The first-order valence-corrected chi connectivity index (χ1v) is 8.53. The number of amides is 1. The summed E-state index contributed by atoms with van der Waals surface area (Å²) in [6.07, 6.45) is 1.01. The molecule has 1 fully saturated rings. The molecular formula is C18H26N2O4. The van der Waals surface area contributed by atoms with Crippen molar-refractivity contribution in [1.82, 2.24) is 10.6 Å². The van der Waals surface area contributed by atoms with Crippen molar-refractivity contribution in [1.29, 1.82) is 0 Å². The summed E-state index contributed by atoms with van der Waals surface area (Å²) in [5.41, 5.74) is -0.00761. The van der Waals surface area contributed by atoms with Crippen molar-refractivity contribution in [3.05, 3.63) is 24.3 Å².